The van der Waals surface area contributed by atoms with Crippen LogP contribution in [0.25, 0.3) is 0 Å². The molecule has 0 aromatic carbocycles. The topological polar surface area (TPSA) is 80.4 Å². The van der Waals surface area contributed by atoms with Gasteiger partial charge in [-0.2, -0.15) is 65.5 Å². The van der Waals surface area contributed by atoms with E-state index in [-0.39, 0.29) is 0 Å². The Morgan fingerprint density at radius 3 is 1.32 bits per heavy atom. The van der Waals surface area contributed by atoms with Gasteiger partial charge in [-0.3, -0.25) is 4.55 Å². The van der Waals surface area contributed by atoms with Crippen LogP contribution in [0.1, 0.15) is 6.42 Å². The molecular formula is C10H10F13NO3S. The van der Waals surface area contributed by atoms with Gasteiger partial charge in [-0.25, -0.2) is 0 Å². The largest absolute Gasteiger partial charge is 0.438 e. The minimum atomic E-state index is -8.02. The molecule has 0 radical (unpaired) electrons. The highest BCUT2D eigenvalue weighted by Crippen LogP contribution is 2.59. The molecule has 0 atom stereocenters. The zero-order valence-electron chi connectivity index (χ0n) is 12.9. The van der Waals surface area contributed by atoms with Gasteiger partial charge in [0.2, 0.25) is 0 Å². The molecule has 0 aromatic heterocycles. The van der Waals surface area contributed by atoms with Crippen molar-refractivity contribution in [1.82, 2.24) is 0 Å². The van der Waals surface area contributed by atoms with Crippen LogP contribution in [-0.2, 0) is 10.1 Å². The second-order valence-electron chi connectivity index (χ2n) is 4.74. The van der Waals surface area contributed by atoms with E-state index in [1.165, 1.54) is 0 Å². The highest BCUT2D eigenvalue weighted by Gasteiger charge is 2.89. The molecule has 0 aliphatic heterocycles. The Bertz CT molecular complexity index is 641. The maximum atomic E-state index is 12.9. The van der Waals surface area contributed by atoms with E-state index in [0.717, 1.165) is 0 Å². The molecule has 0 amide bonds. The van der Waals surface area contributed by atoms with Crippen molar-refractivity contribution in [3.8, 4) is 0 Å². The average molecular weight is 471 g/mol. The van der Waals surface area contributed by atoms with Crippen molar-refractivity contribution in [1.29, 1.82) is 0 Å². The second kappa shape index (κ2) is 8.21. The van der Waals surface area contributed by atoms with Crippen LogP contribution in [0.5, 0.6) is 0 Å². The normalized spacial score (nSPS) is 15.0. The third kappa shape index (κ3) is 5.40. The molecule has 0 aliphatic rings. The molecule has 3 N–H and O–H groups in total. The van der Waals surface area contributed by atoms with Crippen molar-refractivity contribution in [3.05, 3.63) is 12.7 Å². The summed E-state index contributed by atoms with van der Waals surface area (Å²) in [5.74, 6) is -30.7. The molecule has 0 fully saturated rings. The van der Waals surface area contributed by atoms with E-state index in [1.54, 1.807) is 6.08 Å². The van der Waals surface area contributed by atoms with Gasteiger partial charge in [0, 0.05) is 6.54 Å². The minimum absolute atomic E-state index is 0.583. The summed E-state index contributed by atoms with van der Waals surface area (Å²) in [4.78, 5) is 0. The third-order valence-corrected chi connectivity index (χ3v) is 3.43. The first kappa shape index (κ1) is 28.9. The number of hydrogen-bond acceptors (Lipinski definition) is 3. The zero-order chi connectivity index (χ0) is 23.6. The predicted octanol–water partition coefficient (Wildman–Crippen LogP) is 4.09. The molecule has 0 saturated carbocycles. The molecule has 4 nitrogen and oxygen atoms in total. The Morgan fingerprint density at radius 2 is 1.11 bits per heavy atom. The first-order chi connectivity index (χ1) is 11.9. The van der Waals surface area contributed by atoms with E-state index in [1.807, 2.05) is 0 Å². The summed E-state index contributed by atoms with van der Waals surface area (Å²) in [5, 5.41) is -7.43. The first-order valence-electron chi connectivity index (χ1n) is 6.11. The van der Waals surface area contributed by atoms with Gasteiger partial charge in [0.1, 0.15) is 6.42 Å². The van der Waals surface area contributed by atoms with Gasteiger partial charge in [-0.1, -0.05) is 6.08 Å². The fourth-order valence-corrected chi connectivity index (χ4v) is 1.59. The number of halogens is 13. The molecule has 0 spiro atoms. The lowest BCUT2D eigenvalue weighted by Crippen LogP contribution is -2.69. The average Bonchev–Trinajstić information content (AvgIpc) is 2.42. The summed E-state index contributed by atoms with van der Waals surface area (Å²) in [6, 6.07) is 0. The lowest BCUT2D eigenvalue weighted by molar-refractivity contribution is -0.397. The molecule has 0 unspecified atom stereocenters. The van der Waals surface area contributed by atoms with E-state index in [0.29, 0.717) is 6.54 Å². The zero-order valence-corrected chi connectivity index (χ0v) is 13.7. The van der Waals surface area contributed by atoms with Crippen LogP contribution in [-0.4, -0.2) is 54.6 Å². The molecule has 28 heavy (non-hydrogen) atoms. The Kier molecular flexibility index (Phi) is 8.48. The second-order valence-corrected chi connectivity index (χ2v) is 6.20. The van der Waals surface area contributed by atoms with Crippen LogP contribution < -0.4 is 5.73 Å². The molecule has 170 valence electrons. The molecule has 0 aliphatic carbocycles. The van der Waals surface area contributed by atoms with Crippen molar-refractivity contribution in [2.45, 2.75) is 41.5 Å². The third-order valence-electron chi connectivity index (χ3n) is 2.53. The lowest BCUT2D eigenvalue weighted by Gasteiger charge is -2.38. The number of alkyl halides is 13. The molecule has 0 rings (SSSR count). The van der Waals surface area contributed by atoms with Crippen molar-refractivity contribution in [2.24, 2.45) is 5.73 Å². The highest BCUT2D eigenvalue weighted by molar-refractivity contribution is 7.87. The summed E-state index contributed by atoms with van der Waals surface area (Å²) in [5.41, 5.74) is 4.91. The van der Waals surface area contributed by atoms with Crippen LogP contribution in [0.2, 0.25) is 0 Å². The molecule has 0 aromatic rings. The smallest absolute Gasteiger partial charge is 0.327 e. The van der Waals surface area contributed by atoms with Gasteiger partial charge in [-0.05, 0) is 0 Å². The van der Waals surface area contributed by atoms with Crippen LogP contribution in [0.3, 0.4) is 0 Å². The van der Waals surface area contributed by atoms with Crippen molar-refractivity contribution < 1.29 is 70.0 Å². The van der Waals surface area contributed by atoms with E-state index in [2.05, 4.69) is 6.58 Å². The summed E-state index contributed by atoms with van der Waals surface area (Å²) in [6.45, 7) is 3.94. The van der Waals surface area contributed by atoms with Gasteiger partial charge in [0.15, 0.2) is 0 Å². The summed E-state index contributed by atoms with van der Waals surface area (Å²) < 4.78 is 190. The van der Waals surface area contributed by atoms with E-state index in [4.69, 9.17) is 10.3 Å². The maximum absolute atomic E-state index is 12.9. The minimum Gasteiger partial charge on any atom is -0.327 e. The standard InChI is InChI=1S/C7H3F13O3S.C3H7N/c8-2(9,1-3(10,11)12)4(13,14)5(15,16)6(17,18)7(19,20)24(21,22)23;1-2-3-4/h1H2,(H,21,22,23);2H,1,3-4H2. The van der Waals surface area contributed by atoms with E-state index >= 15 is 0 Å². The molecule has 0 saturated heterocycles. The van der Waals surface area contributed by atoms with Crippen LogP contribution in [0.15, 0.2) is 12.7 Å². The summed E-state index contributed by atoms with van der Waals surface area (Å²) in [7, 11) is -7.55. The maximum Gasteiger partial charge on any atom is 0.438 e. The number of nitrogens with two attached hydrogens (primary N) is 1. The Balaban J connectivity index is 0. The summed E-state index contributed by atoms with van der Waals surface area (Å²) >= 11 is 0. The van der Waals surface area contributed by atoms with Crippen molar-refractivity contribution >= 4 is 10.1 Å². The van der Waals surface area contributed by atoms with Gasteiger partial charge in [0.05, 0.1) is 0 Å². The first-order valence-corrected chi connectivity index (χ1v) is 7.55. The van der Waals surface area contributed by atoms with Crippen molar-refractivity contribution in [2.75, 3.05) is 6.54 Å². The SMILES string of the molecule is C=CCN.O=S(=O)(O)C(F)(F)C(F)(F)C(F)(F)C(F)(F)C(F)(F)CC(F)(F)F. The Morgan fingerprint density at radius 1 is 0.786 bits per heavy atom. The molecular weight excluding hydrogens is 461 g/mol. The van der Waals surface area contributed by atoms with Gasteiger partial charge >= 0.3 is 45.2 Å². The molecule has 0 bridgehead atoms. The quantitative estimate of drug-likeness (QED) is 0.333. The Labute approximate surface area is 147 Å². The monoisotopic (exact) mass is 471 g/mol. The van der Waals surface area contributed by atoms with Crippen LogP contribution in [0.4, 0.5) is 57.1 Å². The number of rotatable bonds is 7. The van der Waals surface area contributed by atoms with E-state index < -0.39 is 51.7 Å². The van der Waals surface area contributed by atoms with Gasteiger partial charge < -0.3 is 5.73 Å². The highest BCUT2D eigenvalue weighted by atomic mass is 32.2. The molecule has 0 heterocycles. The Hall–Kier alpha value is -1.30. The van der Waals surface area contributed by atoms with Gasteiger partial charge in [-0.15, -0.1) is 6.58 Å². The number of hydrogen-bond donors (Lipinski definition) is 2. The lowest BCUT2D eigenvalue weighted by atomic mass is 9.96. The summed E-state index contributed by atoms with van der Waals surface area (Å²) in [6.07, 6.45) is -8.78. The van der Waals surface area contributed by atoms with Crippen LogP contribution >= 0.6 is 0 Å². The van der Waals surface area contributed by atoms with Gasteiger partial charge in [0.25, 0.3) is 0 Å². The fourth-order valence-electron chi connectivity index (χ4n) is 1.13. The van der Waals surface area contributed by atoms with E-state index in [9.17, 15) is 65.5 Å². The predicted molar refractivity (Wildman–Crippen MR) is 66.2 cm³/mol. The fraction of sp³-hybridized carbons (Fsp3) is 0.800. The van der Waals surface area contributed by atoms with Crippen molar-refractivity contribution in [3.63, 3.8) is 0 Å². The van der Waals surface area contributed by atoms with Crippen LogP contribution in [0, 0.1) is 0 Å². The molecule has 18 heteroatoms.